The fourth-order valence-corrected chi connectivity index (χ4v) is 2.86. The fraction of sp³-hybridized carbons (Fsp3) is 0.462. The molecule has 1 aromatic carbocycles. The first kappa shape index (κ1) is 15.1. The van der Waals surface area contributed by atoms with Crippen molar-refractivity contribution < 1.29 is 15.0 Å². The van der Waals surface area contributed by atoms with E-state index in [1.54, 1.807) is 23.2 Å². The molecular weight excluding hydrogens is 278 g/mol. The summed E-state index contributed by atoms with van der Waals surface area (Å²) in [5.74, 6) is 0.916. The fourth-order valence-electron chi connectivity index (χ4n) is 2.06. The molecule has 1 amide bonds. The van der Waals surface area contributed by atoms with E-state index in [-0.39, 0.29) is 11.0 Å². The molecule has 0 aromatic heterocycles. The molecule has 2 rings (SSSR count). The highest BCUT2D eigenvalue weighted by Crippen LogP contribution is 2.22. The van der Waals surface area contributed by atoms with Crippen molar-refractivity contribution in [3.05, 3.63) is 29.8 Å². The van der Waals surface area contributed by atoms with Gasteiger partial charge in [0.25, 0.3) is 5.24 Å². The van der Waals surface area contributed by atoms with Crippen molar-refractivity contribution in [3.8, 4) is 5.75 Å². The minimum Gasteiger partial charge on any atom is -0.508 e. The van der Waals surface area contributed by atoms with Crippen molar-refractivity contribution >= 4 is 17.0 Å². The number of hydrogen-bond donors (Lipinski definition) is 3. The second-order valence-corrected chi connectivity index (χ2v) is 5.70. The van der Waals surface area contributed by atoms with Gasteiger partial charge in [0.05, 0.1) is 6.54 Å². The summed E-state index contributed by atoms with van der Waals surface area (Å²) in [7, 11) is 0. The predicted octanol–water partition coefficient (Wildman–Crippen LogP) is 0.945. The molecule has 0 bridgehead atoms. The Morgan fingerprint density at radius 1 is 1.45 bits per heavy atom. The van der Waals surface area contributed by atoms with Crippen LogP contribution in [0, 0.1) is 0 Å². The van der Waals surface area contributed by atoms with Gasteiger partial charge >= 0.3 is 0 Å². The molecular formula is C13H19N3O3S. The zero-order valence-corrected chi connectivity index (χ0v) is 11.9. The Kier molecular flexibility index (Phi) is 5.24. The SMILES string of the molecule is NC(O)CCN1CCSC(=O)N1Cc1cccc(O)c1. The third-order valence-corrected chi connectivity index (χ3v) is 3.90. The van der Waals surface area contributed by atoms with Crippen molar-refractivity contribution in [1.29, 1.82) is 0 Å². The number of phenols is 1. The van der Waals surface area contributed by atoms with E-state index in [1.807, 2.05) is 11.1 Å². The quantitative estimate of drug-likeness (QED) is 0.701. The van der Waals surface area contributed by atoms with Gasteiger partial charge in [0, 0.05) is 25.3 Å². The molecule has 0 saturated carbocycles. The van der Waals surface area contributed by atoms with E-state index >= 15 is 0 Å². The molecule has 1 saturated heterocycles. The molecule has 0 spiro atoms. The second-order valence-electron chi connectivity index (χ2n) is 4.65. The molecule has 7 heteroatoms. The Hall–Kier alpha value is -1.28. The second kappa shape index (κ2) is 6.94. The van der Waals surface area contributed by atoms with Gasteiger partial charge in [0.15, 0.2) is 0 Å². The lowest BCUT2D eigenvalue weighted by Gasteiger charge is -2.38. The molecule has 1 fully saturated rings. The van der Waals surface area contributed by atoms with Crippen LogP contribution in [0.25, 0.3) is 0 Å². The summed E-state index contributed by atoms with van der Waals surface area (Å²) in [6.45, 7) is 1.67. The third-order valence-electron chi connectivity index (χ3n) is 3.05. The van der Waals surface area contributed by atoms with Crippen molar-refractivity contribution in [2.24, 2.45) is 5.73 Å². The van der Waals surface area contributed by atoms with Gasteiger partial charge in [-0.1, -0.05) is 23.9 Å². The van der Waals surface area contributed by atoms with E-state index in [0.717, 1.165) is 17.9 Å². The normalized spacial score (nSPS) is 18.3. The van der Waals surface area contributed by atoms with Crippen LogP contribution in [0.1, 0.15) is 12.0 Å². The number of carbonyl (C=O) groups excluding carboxylic acids is 1. The van der Waals surface area contributed by atoms with Crippen LogP contribution in [-0.2, 0) is 6.54 Å². The van der Waals surface area contributed by atoms with Crippen LogP contribution in [-0.4, -0.2) is 50.5 Å². The topological polar surface area (TPSA) is 90.0 Å². The number of rotatable bonds is 5. The molecule has 0 radical (unpaired) electrons. The Bertz CT molecular complexity index is 470. The van der Waals surface area contributed by atoms with E-state index in [0.29, 0.717) is 19.5 Å². The average molecular weight is 297 g/mol. The number of carbonyl (C=O) groups is 1. The van der Waals surface area contributed by atoms with Gasteiger partial charge in [-0.25, -0.2) is 5.01 Å². The zero-order valence-electron chi connectivity index (χ0n) is 11.1. The smallest absolute Gasteiger partial charge is 0.296 e. The van der Waals surface area contributed by atoms with Gasteiger partial charge in [-0.15, -0.1) is 0 Å². The number of amides is 1. The number of hydrogen-bond acceptors (Lipinski definition) is 6. The van der Waals surface area contributed by atoms with Crippen molar-refractivity contribution in [2.45, 2.75) is 19.2 Å². The van der Waals surface area contributed by atoms with E-state index < -0.39 is 6.23 Å². The Labute approximate surface area is 122 Å². The minimum absolute atomic E-state index is 0.0221. The summed E-state index contributed by atoms with van der Waals surface area (Å²) in [5, 5.41) is 22.2. The monoisotopic (exact) mass is 297 g/mol. The number of nitrogens with zero attached hydrogens (tertiary/aromatic N) is 2. The third kappa shape index (κ3) is 4.11. The van der Waals surface area contributed by atoms with Gasteiger partial charge in [-0.3, -0.25) is 9.80 Å². The van der Waals surface area contributed by atoms with E-state index in [9.17, 15) is 15.0 Å². The van der Waals surface area contributed by atoms with Crippen molar-refractivity contribution in [2.75, 3.05) is 18.8 Å². The van der Waals surface area contributed by atoms with Crippen LogP contribution in [0.5, 0.6) is 5.75 Å². The lowest BCUT2D eigenvalue weighted by molar-refractivity contribution is 0.00837. The van der Waals surface area contributed by atoms with Crippen molar-refractivity contribution in [3.63, 3.8) is 0 Å². The van der Waals surface area contributed by atoms with Crippen LogP contribution >= 0.6 is 11.8 Å². The maximum Gasteiger partial charge on any atom is 0.296 e. The highest BCUT2D eigenvalue weighted by Gasteiger charge is 2.26. The van der Waals surface area contributed by atoms with Gasteiger partial charge in [-0.05, 0) is 17.7 Å². The lowest BCUT2D eigenvalue weighted by Crippen LogP contribution is -2.50. The Morgan fingerprint density at radius 3 is 2.95 bits per heavy atom. The average Bonchev–Trinajstić information content (AvgIpc) is 2.39. The summed E-state index contributed by atoms with van der Waals surface area (Å²) in [5.41, 5.74) is 6.21. The van der Waals surface area contributed by atoms with Crippen LogP contribution in [0.3, 0.4) is 0 Å². The van der Waals surface area contributed by atoms with Gasteiger partial charge in [-0.2, -0.15) is 0 Å². The summed E-state index contributed by atoms with van der Waals surface area (Å²) in [6.07, 6.45) is -0.462. The molecule has 1 heterocycles. The van der Waals surface area contributed by atoms with Crippen LogP contribution < -0.4 is 5.73 Å². The first-order valence-electron chi connectivity index (χ1n) is 6.47. The molecule has 110 valence electrons. The van der Waals surface area contributed by atoms with Crippen molar-refractivity contribution in [1.82, 2.24) is 10.0 Å². The Morgan fingerprint density at radius 2 is 2.25 bits per heavy atom. The molecule has 6 nitrogen and oxygen atoms in total. The standard InChI is InChI=1S/C13H19N3O3S/c14-12(18)4-5-15-6-7-20-13(19)16(15)9-10-2-1-3-11(17)8-10/h1-3,8,12,17-18H,4-7,9,14H2. The number of thioether (sulfide) groups is 1. The number of benzene rings is 1. The van der Waals surface area contributed by atoms with Crippen LogP contribution in [0.15, 0.2) is 24.3 Å². The van der Waals surface area contributed by atoms with Crippen LogP contribution in [0.2, 0.25) is 0 Å². The summed E-state index contributed by atoms with van der Waals surface area (Å²) < 4.78 is 0. The maximum atomic E-state index is 12.0. The van der Waals surface area contributed by atoms with E-state index in [1.165, 1.54) is 11.8 Å². The number of nitrogens with two attached hydrogens (primary N) is 1. The first-order valence-corrected chi connectivity index (χ1v) is 7.45. The van der Waals surface area contributed by atoms with Gasteiger partial charge in [0.2, 0.25) is 0 Å². The molecule has 1 atom stereocenters. The molecule has 0 aliphatic carbocycles. The predicted molar refractivity (Wildman–Crippen MR) is 77.9 cm³/mol. The first-order chi connectivity index (χ1) is 9.56. The number of aromatic hydroxyl groups is 1. The largest absolute Gasteiger partial charge is 0.508 e. The number of phenolic OH excluding ortho intramolecular Hbond substituents is 1. The van der Waals surface area contributed by atoms with Gasteiger partial charge in [0.1, 0.15) is 12.0 Å². The number of aliphatic hydroxyl groups excluding tert-OH is 1. The summed E-state index contributed by atoms with van der Waals surface area (Å²) in [4.78, 5) is 12.0. The van der Waals surface area contributed by atoms with Crippen LogP contribution in [0.4, 0.5) is 4.79 Å². The molecule has 1 aliphatic rings. The van der Waals surface area contributed by atoms with E-state index in [4.69, 9.17) is 5.73 Å². The summed E-state index contributed by atoms with van der Waals surface area (Å²) in [6, 6.07) is 6.85. The Balaban J connectivity index is 2.05. The highest BCUT2D eigenvalue weighted by molar-refractivity contribution is 8.13. The molecule has 1 aliphatic heterocycles. The molecule has 20 heavy (non-hydrogen) atoms. The molecule has 4 N–H and O–H groups in total. The maximum absolute atomic E-state index is 12.0. The lowest BCUT2D eigenvalue weighted by atomic mass is 10.2. The summed E-state index contributed by atoms with van der Waals surface area (Å²) >= 11 is 1.28. The minimum atomic E-state index is -0.873. The molecule has 1 unspecified atom stereocenters. The number of hydrazine groups is 1. The number of aliphatic hydroxyl groups is 1. The molecule has 1 aromatic rings. The zero-order chi connectivity index (χ0) is 14.5. The van der Waals surface area contributed by atoms with Gasteiger partial charge < -0.3 is 15.9 Å². The van der Waals surface area contributed by atoms with E-state index in [2.05, 4.69) is 0 Å². The highest BCUT2D eigenvalue weighted by atomic mass is 32.2.